The van der Waals surface area contributed by atoms with Crippen LogP contribution in [0.4, 0.5) is 0 Å². The summed E-state index contributed by atoms with van der Waals surface area (Å²) < 4.78 is 10.9. The Kier molecular flexibility index (Phi) is 5.57. The van der Waals surface area contributed by atoms with Crippen LogP contribution in [0.15, 0.2) is 24.3 Å². The number of methoxy groups -OCH3 is 1. The van der Waals surface area contributed by atoms with Gasteiger partial charge in [-0.1, -0.05) is 25.1 Å². The number of para-hydroxylation sites is 1. The van der Waals surface area contributed by atoms with Gasteiger partial charge < -0.3 is 15.2 Å². The maximum atomic E-state index is 9.10. The maximum Gasteiger partial charge on any atom is 0.156 e. The molecule has 0 radical (unpaired) electrons. The first-order chi connectivity index (χ1) is 10.2. The number of benzene rings is 1. The molecule has 0 amide bonds. The molecule has 5 heteroatoms. The summed E-state index contributed by atoms with van der Waals surface area (Å²) in [5.41, 5.74) is 7.45. The van der Waals surface area contributed by atoms with Crippen molar-refractivity contribution in [3.63, 3.8) is 0 Å². The van der Waals surface area contributed by atoms with Gasteiger partial charge in [0.05, 0.1) is 25.8 Å². The molecule has 2 N–H and O–H groups in total. The fraction of sp³-hybridized carbons (Fsp3) is 0.562. The highest BCUT2D eigenvalue weighted by Gasteiger charge is 2.32. The largest absolute Gasteiger partial charge is 0.496 e. The van der Waals surface area contributed by atoms with Crippen molar-refractivity contribution >= 4 is 0 Å². The third-order valence-electron chi connectivity index (χ3n) is 3.97. The Labute approximate surface area is 126 Å². The molecule has 1 saturated heterocycles. The molecular weight excluding hydrogens is 266 g/mol. The molecular formula is C16H23N3O2. The molecule has 1 fully saturated rings. The van der Waals surface area contributed by atoms with Crippen LogP contribution in [-0.4, -0.2) is 43.9 Å². The number of hydrogen-bond donors (Lipinski definition) is 1. The van der Waals surface area contributed by atoms with Crippen LogP contribution in [0.5, 0.6) is 5.75 Å². The molecule has 0 spiro atoms. The number of nitrogens with two attached hydrogens (primary N) is 1. The van der Waals surface area contributed by atoms with E-state index in [9.17, 15) is 0 Å². The molecule has 0 aromatic heterocycles. The van der Waals surface area contributed by atoms with Gasteiger partial charge in [-0.2, -0.15) is 5.26 Å². The second-order valence-corrected chi connectivity index (χ2v) is 5.24. The van der Waals surface area contributed by atoms with E-state index in [2.05, 4.69) is 24.0 Å². The molecule has 0 bridgehead atoms. The Balaban J connectivity index is 2.32. The summed E-state index contributed by atoms with van der Waals surface area (Å²) in [5, 5.41) is 9.10. The summed E-state index contributed by atoms with van der Waals surface area (Å²) in [4.78, 5) is 2.24. The topological polar surface area (TPSA) is 71.5 Å². The van der Waals surface area contributed by atoms with Crippen LogP contribution in [-0.2, 0) is 4.74 Å². The number of morpholine rings is 1. The molecule has 21 heavy (non-hydrogen) atoms. The van der Waals surface area contributed by atoms with Gasteiger partial charge >= 0.3 is 0 Å². The minimum Gasteiger partial charge on any atom is -0.496 e. The molecule has 3 atom stereocenters. The van der Waals surface area contributed by atoms with Crippen LogP contribution < -0.4 is 10.5 Å². The zero-order valence-electron chi connectivity index (χ0n) is 12.7. The van der Waals surface area contributed by atoms with Gasteiger partial charge in [0, 0.05) is 24.7 Å². The minimum atomic E-state index is -0.389. The number of rotatable bonds is 5. The lowest BCUT2D eigenvalue weighted by Crippen LogP contribution is -2.49. The SMILES string of the molecule is CCC(N)C(c1ccccc1OC)N1CCOC(C#N)C1. The highest BCUT2D eigenvalue weighted by atomic mass is 16.5. The number of ether oxygens (including phenoxy) is 2. The second kappa shape index (κ2) is 7.41. The second-order valence-electron chi connectivity index (χ2n) is 5.24. The first-order valence-corrected chi connectivity index (χ1v) is 7.35. The molecule has 5 nitrogen and oxygen atoms in total. The van der Waals surface area contributed by atoms with Crippen LogP contribution in [0.25, 0.3) is 0 Å². The highest BCUT2D eigenvalue weighted by molar-refractivity contribution is 5.37. The summed E-state index contributed by atoms with van der Waals surface area (Å²) in [6.07, 6.45) is 0.470. The van der Waals surface area contributed by atoms with Crippen molar-refractivity contribution in [3.8, 4) is 11.8 Å². The number of nitriles is 1. The highest BCUT2D eigenvalue weighted by Crippen LogP contribution is 2.33. The average Bonchev–Trinajstić information content (AvgIpc) is 2.55. The molecule has 1 aliphatic heterocycles. The maximum absolute atomic E-state index is 9.10. The smallest absolute Gasteiger partial charge is 0.156 e. The van der Waals surface area contributed by atoms with Crippen molar-refractivity contribution < 1.29 is 9.47 Å². The van der Waals surface area contributed by atoms with E-state index in [1.165, 1.54) is 0 Å². The molecule has 0 saturated carbocycles. The molecule has 2 rings (SSSR count). The lowest BCUT2D eigenvalue weighted by atomic mass is 9.94. The first-order valence-electron chi connectivity index (χ1n) is 7.35. The molecule has 114 valence electrons. The van der Waals surface area contributed by atoms with E-state index in [0.717, 1.165) is 24.3 Å². The minimum absolute atomic E-state index is 0.0151. The van der Waals surface area contributed by atoms with Crippen molar-refractivity contribution in [2.45, 2.75) is 31.5 Å². The van der Waals surface area contributed by atoms with Gasteiger partial charge in [0.25, 0.3) is 0 Å². The zero-order valence-corrected chi connectivity index (χ0v) is 12.7. The van der Waals surface area contributed by atoms with E-state index >= 15 is 0 Å². The Morgan fingerprint density at radius 1 is 1.52 bits per heavy atom. The van der Waals surface area contributed by atoms with Gasteiger partial charge in [0.2, 0.25) is 0 Å². The van der Waals surface area contributed by atoms with E-state index < -0.39 is 0 Å². The van der Waals surface area contributed by atoms with Crippen LogP contribution in [0.1, 0.15) is 24.9 Å². The predicted molar refractivity (Wildman–Crippen MR) is 80.9 cm³/mol. The van der Waals surface area contributed by atoms with Crippen LogP contribution in [0.2, 0.25) is 0 Å². The van der Waals surface area contributed by atoms with Gasteiger partial charge in [0.15, 0.2) is 6.10 Å². The van der Waals surface area contributed by atoms with Crippen molar-refractivity contribution in [3.05, 3.63) is 29.8 Å². The summed E-state index contributed by atoms with van der Waals surface area (Å²) >= 11 is 0. The summed E-state index contributed by atoms with van der Waals surface area (Å²) in [6.45, 7) is 3.98. The van der Waals surface area contributed by atoms with Crippen molar-refractivity contribution in [1.82, 2.24) is 4.90 Å². The summed E-state index contributed by atoms with van der Waals surface area (Å²) in [6, 6.07) is 10.2. The fourth-order valence-electron chi connectivity index (χ4n) is 2.83. The van der Waals surface area contributed by atoms with Gasteiger partial charge in [-0.3, -0.25) is 4.90 Å². The lowest BCUT2D eigenvalue weighted by molar-refractivity contribution is -0.0226. The first kappa shape index (κ1) is 15.8. The number of hydrogen-bond acceptors (Lipinski definition) is 5. The molecule has 1 aromatic carbocycles. The van der Waals surface area contributed by atoms with Crippen LogP contribution in [0.3, 0.4) is 0 Å². The van der Waals surface area contributed by atoms with Gasteiger partial charge in [-0.05, 0) is 12.5 Å². The Bertz CT molecular complexity index is 501. The normalized spacial score (nSPS) is 22.3. The zero-order chi connectivity index (χ0) is 15.2. The van der Waals surface area contributed by atoms with E-state index in [-0.39, 0.29) is 18.2 Å². The average molecular weight is 289 g/mol. The predicted octanol–water partition coefficient (Wildman–Crippen LogP) is 1.70. The molecule has 3 unspecified atom stereocenters. The standard InChI is InChI=1S/C16H23N3O2/c1-3-14(18)16(13-6-4-5-7-15(13)20-2)19-8-9-21-12(10-17)11-19/h4-7,12,14,16H,3,8-9,11,18H2,1-2H3. The van der Waals surface area contributed by atoms with Crippen molar-refractivity contribution in [1.29, 1.82) is 5.26 Å². The summed E-state index contributed by atoms with van der Waals surface area (Å²) in [5.74, 6) is 0.839. The van der Waals surface area contributed by atoms with Gasteiger partial charge in [-0.15, -0.1) is 0 Å². The lowest BCUT2D eigenvalue weighted by Gasteiger charge is -2.39. The van der Waals surface area contributed by atoms with E-state index in [1.54, 1.807) is 7.11 Å². The Morgan fingerprint density at radius 3 is 2.95 bits per heavy atom. The van der Waals surface area contributed by atoms with E-state index in [1.807, 2.05) is 18.2 Å². The third kappa shape index (κ3) is 3.53. The van der Waals surface area contributed by atoms with Gasteiger partial charge in [-0.25, -0.2) is 0 Å². The molecule has 1 aromatic rings. The fourth-order valence-corrected chi connectivity index (χ4v) is 2.83. The third-order valence-corrected chi connectivity index (χ3v) is 3.97. The Morgan fingerprint density at radius 2 is 2.29 bits per heavy atom. The van der Waals surface area contributed by atoms with Crippen molar-refractivity contribution in [2.75, 3.05) is 26.8 Å². The van der Waals surface area contributed by atoms with E-state index in [4.69, 9.17) is 20.5 Å². The molecule has 1 aliphatic rings. The van der Waals surface area contributed by atoms with Gasteiger partial charge in [0.1, 0.15) is 5.75 Å². The van der Waals surface area contributed by atoms with Crippen molar-refractivity contribution in [2.24, 2.45) is 5.73 Å². The Hall–Kier alpha value is -1.61. The summed E-state index contributed by atoms with van der Waals surface area (Å²) in [7, 11) is 1.67. The quantitative estimate of drug-likeness (QED) is 0.893. The monoisotopic (exact) mass is 289 g/mol. The van der Waals surface area contributed by atoms with E-state index in [0.29, 0.717) is 13.2 Å². The molecule has 0 aliphatic carbocycles. The molecule has 1 heterocycles. The number of nitrogens with zero attached hydrogens (tertiary/aromatic N) is 2. The van der Waals surface area contributed by atoms with Crippen LogP contribution in [0, 0.1) is 11.3 Å². The van der Waals surface area contributed by atoms with Crippen LogP contribution >= 0.6 is 0 Å².